The topological polar surface area (TPSA) is 80.2 Å². The highest BCUT2D eigenvalue weighted by Gasteiger charge is 2.15. The number of hydrogen-bond donors (Lipinski definition) is 2. The number of carbonyl (C=O) groups excluding carboxylic acids is 1. The van der Waals surface area contributed by atoms with E-state index in [-0.39, 0.29) is 33.7 Å². The van der Waals surface area contributed by atoms with Gasteiger partial charge < -0.3 is 14.6 Å². The molecule has 0 aliphatic rings. The van der Waals surface area contributed by atoms with Gasteiger partial charge in [0.2, 0.25) is 0 Å². The van der Waals surface area contributed by atoms with Crippen molar-refractivity contribution >= 4 is 46.9 Å². The Morgan fingerprint density at radius 3 is 2.58 bits per heavy atom. The first-order chi connectivity index (χ1) is 12.4. The van der Waals surface area contributed by atoms with E-state index < -0.39 is 5.91 Å². The lowest BCUT2D eigenvalue weighted by Gasteiger charge is -2.10. The lowest BCUT2D eigenvalue weighted by Crippen LogP contribution is -2.24. The number of phenols is 1. The summed E-state index contributed by atoms with van der Waals surface area (Å²) < 4.78 is 10.5. The number of rotatable bonds is 7. The lowest BCUT2D eigenvalue weighted by atomic mass is 10.2. The summed E-state index contributed by atoms with van der Waals surface area (Å²) in [4.78, 5) is 11.8. The van der Waals surface area contributed by atoms with E-state index in [9.17, 15) is 9.90 Å². The molecule has 0 aliphatic heterocycles. The molecule has 0 fully saturated rings. The molecule has 0 bridgehead atoms. The zero-order valence-corrected chi connectivity index (χ0v) is 15.9. The number of carbonyl (C=O) groups is 1. The highest BCUT2D eigenvalue weighted by Crippen LogP contribution is 2.39. The van der Waals surface area contributed by atoms with E-state index in [0.717, 1.165) is 0 Å². The van der Waals surface area contributed by atoms with Crippen LogP contribution in [0.25, 0.3) is 0 Å². The second-order valence-corrected chi connectivity index (χ2v) is 6.12. The van der Waals surface area contributed by atoms with Crippen LogP contribution in [-0.2, 0) is 4.79 Å². The summed E-state index contributed by atoms with van der Waals surface area (Å²) in [5.74, 6) is -0.0679. The zero-order chi connectivity index (χ0) is 19.1. The van der Waals surface area contributed by atoms with E-state index in [1.165, 1.54) is 12.3 Å². The number of hydrogen-bond acceptors (Lipinski definition) is 5. The molecule has 138 valence electrons. The van der Waals surface area contributed by atoms with Crippen molar-refractivity contribution in [3.63, 3.8) is 0 Å². The minimum atomic E-state index is -0.501. The molecule has 0 aliphatic carbocycles. The predicted octanol–water partition coefficient (Wildman–Crippen LogP) is 4.28. The van der Waals surface area contributed by atoms with E-state index in [0.29, 0.717) is 17.4 Å². The van der Waals surface area contributed by atoms with Gasteiger partial charge >= 0.3 is 0 Å². The molecule has 2 aromatic rings. The fourth-order valence-corrected chi connectivity index (χ4v) is 2.40. The molecule has 0 radical (unpaired) electrons. The van der Waals surface area contributed by atoms with Gasteiger partial charge in [-0.2, -0.15) is 5.10 Å². The second kappa shape index (κ2) is 9.52. The fraction of sp³-hybridized carbons (Fsp3) is 0.176. The summed E-state index contributed by atoms with van der Waals surface area (Å²) in [5.41, 5.74) is 2.39. The highest BCUT2D eigenvalue weighted by atomic mass is 35.5. The average molecular weight is 418 g/mol. The number of ether oxygens (including phenoxy) is 2. The zero-order valence-electron chi connectivity index (χ0n) is 13.6. The molecular weight excluding hydrogens is 403 g/mol. The predicted molar refractivity (Wildman–Crippen MR) is 102 cm³/mol. The molecule has 0 atom stereocenters. The van der Waals surface area contributed by atoms with Gasteiger partial charge in [0.25, 0.3) is 5.91 Å². The molecular formula is C17H15Cl3N2O4. The Labute approximate surface area is 165 Å². The van der Waals surface area contributed by atoms with Crippen LogP contribution in [0.4, 0.5) is 0 Å². The van der Waals surface area contributed by atoms with E-state index in [1.54, 1.807) is 31.2 Å². The van der Waals surface area contributed by atoms with Gasteiger partial charge in [-0.1, -0.05) is 34.8 Å². The molecule has 2 aromatic carbocycles. The van der Waals surface area contributed by atoms with Crippen LogP contribution in [0, 0.1) is 0 Å². The first kappa shape index (κ1) is 20.2. The Kier molecular flexibility index (Phi) is 7.38. The number of benzene rings is 2. The molecule has 1 amide bonds. The van der Waals surface area contributed by atoms with E-state index in [4.69, 9.17) is 44.3 Å². The SMILES string of the molecule is CCOc1cc(Cl)c(Cl)c(/C=N\NC(=O)COc2ccc(Cl)cc2)c1O. The van der Waals surface area contributed by atoms with Crippen molar-refractivity contribution in [3.8, 4) is 17.2 Å². The van der Waals surface area contributed by atoms with Crippen LogP contribution in [0.2, 0.25) is 15.1 Å². The fourth-order valence-electron chi connectivity index (χ4n) is 1.88. The third-order valence-electron chi connectivity index (χ3n) is 3.06. The maximum atomic E-state index is 11.8. The summed E-state index contributed by atoms with van der Waals surface area (Å²) in [5, 5.41) is 14.7. The number of halogens is 3. The Morgan fingerprint density at radius 1 is 1.23 bits per heavy atom. The van der Waals surface area contributed by atoms with Crippen LogP contribution < -0.4 is 14.9 Å². The van der Waals surface area contributed by atoms with Crippen molar-refractivity contribution in [2.75, 3.05) is 13.2 Å². The summed E-state index contributed by atoms with van der Waals surface area (Å²) in [6.07, 6.45) is 1.17. The van der Waals surface area contributed by atoms with Crippen molar-refractivity contribution in [3.05, 3.63) is 51.0 Å². The number of nitrogens with zero attached hydrogens (tertiary/aromatic N) is 1. The van der Waals surface area contributed by atoms with Crippen LogP contribution in [-0.4, -0.2) is 30.4 Å². The monoisotopic (exact) mass is 416 g/mol. The van der Waals surface area contributed by atoms with Crippen molar-refractivity contribution in [2.45, 2.75) is 6.92 Å². The quantitative estimate of drug-likeness (QED) is 0.520. The number of hydrazone groups is 1. The minimum absolute atomic E-state index is 0.0861. The van der Waals surface area contributed by atoms with E-state index >= 15 is 0 Å². The summed E-state index contributed by atoms with van der Waals surface area (Å²) in [6.45, 7) is 1.84. The van der Waals surface area contributed by atoms with Gasteiger partial charge in [-0.15, -0.1) is 0 Å². The molecule has 0 aromatic heterocycles. The second-order valence-electron chi connectivity index (χ2n) is 4.90. The molecule has 6 nitrogen and oxygen atoms in total. The molecule has 0 saturated carbocycles. The van der Waals surface area contributed by atoms with Crippen molar-refractivity contribution in [2.24, 2.45) is 5.10 Å². The smallest absolute Gasteiger partial charge is 0.277 e. The molecule has 0 unspecified atom stereocenters. The van der Waals surface area contributed by atoms with Gasteiger partial charge in [-0.3, -0.25) is 4.79 Å². The van der Waals surface area contributed by atoms with Gasteiger partial charge in [0.15, 0.2) is 18.1 Å². The normalized spacial score (nSPS) is 10.8. The maximum Gasteiger partial charge on any atom is 0.277 e. The number of amides is 1. The minimum Gasteiger partial charge on any atom is -0.504 e. The third-order valence-corrected chi connectivity index (χ3v) is 4.11. The molecule has 0 saturated heterocycles. The van der Waals surface area contributed by atoms with Crippen LogP contribution in [0.1, 0.15) is 12.5 Å². The average Bonchev–Trinajstić information content (AvgIpc) is 2.62. The lowest BCUT2D eigenvalue weighted by molar-refractivity contribution is -0.123. The maximum absolute atomic E-state index is 11.8. The van der Waals surface area contributed by atoms with Crippen LogP contribution in [0.15, 0.2) is 35.4 Å². The first-order valence-corrected chi connectivity index (χ1v) is 8.59. The molecule has 9 heteroatoms. The first-order valence-electron chi connectivity index (χ1n) is 7.46. The van der Waals surface area contributed by atoms with Gasteiger partial charge in [0.1, 0.15) is 5.75 Å². The molecule has 26 heavy (non-hydrogen) atoms. The van der Waals surface area contributed by atoms with E-state index in [2.05, 4.69) is 10.5 Å². The Bertz CT molecular complexity index is 811. The van der Waals surface area contributed by atoms with Gasteiger partial charge in [0.05, 0.1) is 28.4 Å². The number of phenolic OH excluding ortho intramolecular Hbond substituents is 1. The summed E-state index contributed by atoms with van der Waals surface area (Å²) >= 11 is 17.8. The van der Waals surface area contributed by atoms with Gasteiger partial charge in [-0.05, 0) is 31.2 Å². The standard InChI is InChI=1S/C17H15Cl3N2O4/c1-2-25-14-7-13(19)16(20)12(17(14)24)8-21-22-15(23)9-26-11-5-3-10(18)4-6-11/h3-8,24H,2,9H2,1H3,(H,22,23)/b21-8-. The molecule has 0 heterocycles. The summed E-state index contributed by atoms with van der Waals surface area (Å²) in [7, 11) is 0. The van der Waals surface area contributed by atoms with Gasteiger partial charge in [0, 0.05) is 11.1 Å². The van der Waals surface area contributed by atoms with Crippen LogP contribution in [0.5, 0.6) is 17.2 Å². The third kappa shape index (κ3) is 5.42. The molecule has 0 spiro atoms. The van der Waals surface area contributed by atoms with Crippen molar-refractivity contribution in [1.29, 1.82) is 0 Å². The number of nitrogens with one attached hydrogen (secondary N) is 1. The Balaban J connectivity index is 1.99. The van der Waals surface area contributed by atoms with Crippen LogP contribution in [0.3, 0.4) is 0 Å². The molecule has 2 N–H and O–H groups in total. The van der Waals surface area contributed by atoms with Crippen molar-refractivity contribution < 1.29 is 19.4 Å². The van der Waals surface area contributed by atoms with E-state index in [1.807, 2.05) is 0 Å². The van der Waals surface area contributed by atoms with Crippen LogP contribution >= 0.6 is 34.8 Å². The van der Waals surface area contributed by atoms with Gasteiger partial charge in [-0.25, -0.2) is 5.43 Å². The Hall–Kier alpha value is -2.15. The number of aromatic hydroxyl groups is 1. The largest absolute Gasteiger partial charge is 0.504 e. The Morgan fingerprint density at radius 2 is 1.92 bits per heavy atom. The summed E-state index contributed by atoms with van der Waals surface area (Å²) in [6, 6.07) is 7.97. The highest BCUT2D eigenvalue weighted by molar-refractivity contribution is 6.43. The molecule has 2 rings (SSSR count). The van der Waals surface area contributed by atoms with Crippen molar-refractivity contribution in [1.82, 2.24) is 5.43 Å².